The molecular weight excluding hydrogens is 162 g/mol. The molecule has 54 valence electrons. The van der Waals surface area contributed by atoms with Gasteiger partial charge in [-0.15, -0.1) is 0 Å². The molecule has 5 heteroatoms. The quantitative estimate of drug-likeness (QED) is 0.559. The van der Waals surface area contributed by atoms with E-state index in [0.29, 0.717) is 13.0 Å². The summed E-state index contributed by atoms with van der Waals surface area (Å²) in [5, 5.41) is 2.55. The van der Waals surface area contributed by atoms with Gasteiger partial charge in [-0.05, 0) is 13.0 Å². The summed E-state index contributed by atoms with van der Waals surface area (Å²) >= 11 is 0. The van der Waals surface area contributed by atoms with Gasteiger partial charge in [-0.1, -0.05) is 0 Å². The van der Waals surface area contributed by atoms with Crippen molar-refractivity contribution in [2.75, 3.05) is 13.1 Å². The van der Waals surface area contributed by atoms with Crippen LogP contribution in [0.4, 0.5) is 0 Å². The molecule has 1 aliphatic rings. The Balaban J connectivity index is 2.63. The Kier molecular flexibility index (Phi) is 1.98. The number of rotatable bonds is 1. The monoisotopic (exact) mass is 169 g/mol. The second-order valence-electron chi connectivity index (χ2n) is 2.09. The van der Waals surface area contributed by atoms with Crippen LogP contribution in [0.3, 0.4) is 0 Å². The summed E-state index contributed by atoms with van der Waals surface area (Å²) in [4.78, 5) is 0. The van der Waals surface area contributed by atoms with Crippen molar-refractivity contribution in [1.82, 2.24) is 5.32 Å². The van der Waals surface area contributed by atoms with Gasteiger partial charge in [-0.25, -0.2) is 8.42 Å². The molecule has 1 heterocycles. The summed E-state index contributed by atoms with van der Waals surface area (Å²) in [6.07, 6.45) is 0.645. The highest BCUT2D eigenvalue weighted by Gasteiger charge is 2.25. The summed E-state index contributed by atoms with van der Waals surface area (Å²) in [6.45, 7) is 1.27. The first kappa shape index (κ1) is 7.31. The zero-order chi connectivity index (χ0) is 6.91. The molecule has 0 saturated carbocycles. The fraction of sp³-hybridized carbons (Fsp3) is 1.00. The van der Waals surface area contributed by atoms with E-state index in [2.05, 4.69) is 5.32 Å². The van der Waals surface area contributed by atoms with E-state index in [1.54, 1.807) is 0 Å². The summed E-state index contributed by atoms with van der Waals surface area (Å²) in [7, 11) is 1.78. The number of hydrogen-bond donors (Lipinski definition) is 1. The molecule has 0 aromatic rings. The maximum absolute atomic E-state index is 10.6. The third-order valence-corrected chi connectivity index (χ3v) is 3.37. The predicted molar refractivity (Wildman–Crippen MR) is 36.0 cm³/mol. The lowest BCUT2D eigenvalue weighted by Gasteiger charge is -1.99. The molecule has 0 spiro atoms. The molecule has 0 aromatic heterocycles. The molecule has 3 nitrogen and oxygen atoms in total. The molecule has 1 aliphatic heterocycles. The third kappa shape index (κ3) is 1.81. The zero-order valence-electron chi connectivity index (χ0n) is 4.80. The van der Waals surface area contributed by atoms with Gasteiger partial charge in [0.05, 0.1) is 5.25 Å². The van der Waals surface area contributed by atoms with Gasteiger partial charge in [0.15, 0.2) is 0 Å². The van der Waals surface area contributed by atoms with E-state index in [1.165, 1.54) is 0 Å². The first-order chi connectivity index (χ1) is 4.11. The Morgan fingerprint density at radius 2 is 2.22 bits per heavy atom. The van der Waals surface area contributed by atoms with Crippen LogP contribution in [0.1, 0.15) is 6.42 Å². The fourth-order valence-electron chi connectivity index (χ4n) is 0.868. The van der Waals surface area contributed by atoms with Crippen molar-refractivity contribution >= 4 is 19.7 Å². The van der Waals surface area contributed by atoms with Crippen LogP contribution in [0.25, 0.3) is 0 Å². The Hall–Kier alpha value is 0.200. The van der Waals surface area contributed by atoms with Gasteiger partial charge < -0.3 is 5.32 Å². The van der Waals surface area contributed by atoms with E-state index in [9.17, 15) is 8.42 Å². The van der Waals surface area contributed by atoms with Crippen molar-refractivity contribution in [3.63, 3.8) is 0 Å². The van der Waals surface area contributed by atoms with Crippen LogP contribution in [0, 0.1) is 0 Å². The van der Waals surface area contributed by atoms with Gasteiger partial charge in [0, 0.05) is 17.2 Å². The van der Waals surface area contributed by atoms with Crippen molar-refractivity contribution in [3.05, 3.63) is 0 Å². The van der Waals surface area contributed by atoms with Gasteiger partial charge >= 0.3 is 0 Å². The van der Waals surface area contributed by atoms with Crippen molar-refractivity contribution in [3.8, 4) is 0 Å². The minimum absolute atomic E-state index is 0.362. The Morgan fingerprint density at radius 1 is 1.56 bits per heavy atom. The SMILES string of the molecule is O=S(=O)(Cl)[C@H]1CCNC1. The molecule has 0 aliphatic carbocycles. The highest BCUT2D eigenvalue weighted by atomic mass is 35.7. The van der Waals surface area contributed by atoms with E-state index in [0.717, 1.165) is 6.54 Å². The van der Waals surface area contributed by atoms with Crippen molar-refractivity contribution in [2.24, 2.45) is 0 Å². The molecular formula is C4H8ClNO2S. The largest absolute Gasteiger partial charge is 0.315 e. The smallest absolute Gasteiger partial charge is 0.236 e. The lowest BCUT2D eigenvalue weighted by atomic mass is 10.4. The number of nitrogens with one attached hydrogen (secondary N) is 1. The van der Waals surface area contributed by atoms with Gasteiger partial charge in [0.2, 0.25) is 9.05 Å². The molecule has 0 aromatic carbocycles. The maximum atomic E-state index is 10.6. The minimum atomic E-state index is -3.29. The maximum Gasteiger partial charge on any atom is 0.236 e. The molecule has 0 bridgehead atoms. The first-order valence-electron chi connectivity index (χ1n) is 2.75. The summed E-state index contributed by atoms with van der Waals surface area (Å²) in [5.41, 5.74) is 0. The Bertz CT molecular complexity index is 183. The van der Waals surface area contributed by atoms with Crippen LogP contribution in [0.2, 0.25) is 0 Å². The Morgan fingerprint density at radius 3 is 2.44 bits per heavy atom. The standard InChI is InChI=1S/C4H8ClNO2S/c5-9(7,8)4-1-2-6-3-4/h4,6H,1-3H2/t4-/m0/s1. The number of hydrogen-bond acceptors (Lipinski definition) is 3. The topological polar surface area (TPSA) is 46.2 Å². The molecule has 1 saturated heterocycles. The van der Waals surface area contributed by atoms with E-state index < -0.39 is 9.05 Å². The highest BCUT2D eigenvalue weighted by Crippen LogP contribution is 2.13. The predicted octanol–water partition coefficient (Wildman–Crippen LogP) is -0.0831. The van der Waals surface area contributed by atoms with Gasteiger partial charge in [0.1, 0.15) is 0 Å². The van der Waals surface area contributed by atoms with E-state index in [-0.39, 0.29) is 5.25 Å². The summed E-state index contributed by atoms with van der Waals surface area (Å²) < 4.78 is 21.1. The van der Waals surface area contributed by atoms with Crippen LogP contribution < -0.4 is 5.32 Å². The third-order valence-electron chi connectivity index (χ3n) is 1.41. The zero-order valence-corrected chi connectivity index (χ0v) is 6.37. The van der Waals surface area contributed by atoms with Gasteiger partial charge in [-0.3, -0.25) is 0 Å². The Labute approximate surface area is 58.8 Å². The van der Waals surface area contributed by atoms with Crippen molar-refractivity contribution < 1.29 is 8.42 Å². The van der Waals surface area contributed by atoms with Gasteiger partial charge in [0.25, 0.3) is 0 Å². The minimum Gasteiger partial charge on any atom is -0.315 e. The molecule has 0 amide bonds. The van der Waals surface area contributed by atoms with Crippen LogP contribution in [0.15, 0.2) is 0 Å². The molecule has 1 N–H and O–H groups in total. The molecule has 1 atom stereocenters. The van der Waals surface area contributed by atoms with Crippen molar-refractivity contribution in [1.29, 1.82) is 0 Å². The van der Waals surface area contributed by atoms with E-state index in [1.807, 2.05) is 0 Å². The lowest BCUT2D eigenvalue weighted by Crippen LogP contribution is -2.19. The van der Waals surface area contributed by atoms with Crippen LogP contribution in [-0.2, 0) is 9.05 Å². The van der Waals surface area contributed by atoms with Crippen molar-refractivity contribution in [2.45, 2.75) is 11.7 Å². The summed E-state index contributed by atoms with van der Waals surface area (Å²) in [6, 6.07) is 0. The molecule has 0 unspecified atom stereocenters. The molecule has 0 radical (unpaired) electrons. The van der Waals surface area contributed by atoms with Crippen LogP contribution in [-0.4, -0.2) is 26.8 Å². The second kappa shape index (κ2) is 2.44. The summed E-state index contributed by atoms with van der Waals surface area (Å²) in [5.74, 6) is 0. The molecule has 9 heavy (non-hydrogen) atoms. The van der Waals surface area contributed by atoms with Crippen LogP contribution in [0.5, 0.6) is 0 Å². The molecule has 1 fully saturated rings. The van der Waals surface area contributed by atoms with E-state index >= 15 is 0 Å². The second-order valence-corrected chi connectivity index (χ2v) is 5.00. The van der Waals surface area contributed by atoms with E-state index in [4.69, 9.17) is 10.7 Å². The number of halogens is 1. The highest BCUT2D eigenvalue weighted by molar-refractivity contribution is 8.14. The average Bonchev–Trinajstić information content (AvgIpc) is 2.08. The fourth-order valence-corrected chi connectivity index (χ4v) is 2.04. The first-order valence-corrected chi connectivity index (χ1v) is 5.12. The average molecular weight is 170 g/mol. The molecule has 1 rings (SSSR count). The normalized spacial score (nSPS) is 28.8. The van der Waals surface area contributed by atoms with Gasteiger partial charge in [-0.2, -0.15) is 0 Å². The lowest BCUT2D eigenvalue weighted by molar-refractivity contribution is 0.597. The van der Waals surface area contributed by atoms with Crippen LogP contribution >= 0.6 is 10.7 Å².